The fourth-order valence-electron chi connectivity index (χ4n) is 1.68. The van der Waals surface area contributed by atoms with E-state index in [1.165, 1.54) is 11.1 Å². The number of hydrogen-bond donors (Lipinski definition) is 1. The molecule has 0 aliphatic heterocycles. The van der Waals surface area contributed by atoms with Gasteiger partial charge in [0.25, 0.3) is 0 Å². The predicted molar refractivity (Wildman–Crippen MR) is 74.1 cm³/mol. The van der Waals surface area contributed by atoms with E-state index < -0.39 is 0 Å². The van der Waals surface area contributed by atoms with Crippen molar-refractivity contribution in [2.75, 3.05) is 6.61 Å². The minimum atomic E-state index is 0.743. The van der Waals surface area contributed by atoms with Crippen molar-refractivity contribution < 1.29 is 4.74 Å². The van der Waals surface area contributed by atoms with Gasteiger partial charge in [-0.1, -0.05) is 6.92 Å². The number of nitrogens with zero attached hydrogens (tertiary/aromatic N) is 1. The van der Waals surface area contributed by atoms with Crippen LogP contribution < -0.4 is 4.74 Å². The molecule has 0 unspecified atom stereocenters. The van der Waals surface area contributed by atoms with Crippen LogP contribution in [0.25, 0.3) is 11.0 Å². The first-order valence-electron chi connectivity index (χ1n) is 5.41. The van der Waals surface area contributed by atoms with E-state index in [0.29, 0.717) is 0 Å². The van der Waals surface area contributed by atoms with Gasteiger partial charge in [0.05, 0.1) is 12.1 Å². The van der Waals surface area contributed by atoms with Crippen LogP contribution in [0.5, 0.6) is 5.75 Å². The van der Waals surface area contributed by atoms with E-state index in [0.717, 1.165) is 33.6 Å². The molecule has 1 aromatic heterocycles. The summed E-state index contributed by atoms with van der Waals surface area (Å²) in [7, 11) is 0. The number of ether oxygens (including phenoxy) is 1. The molecule has 86 valence electrons. The lowest BCUT2D eigenvalue weighted by molar-refractivity contribution is 0.320. The molecule has 0 atom stereocenters. The second-order valence-electron chi connectivity index (χ2n) is 3.92. The Bertz CT molecular complexity index is 519. The SMILES string of the molecule is CCCOc1cc(C)c(C)c2nc(I)[nH]c12. The molecule has 0 aliphatic rings. The Morgan fingerprint density at radius 1 is 1.44 bits per heavy atom. The number of H-pyrrole nitrogens is 1. The first-order valence-corrected chi connectivity index (χ1v) is 6.49. The highest BCUT2D eigenvalue weighted by atomic mass is 127. The second-order valence-corrected chi connectivity index (χ2v) is 4.94. The normalized spacial score (nSPS) is 11.0. The minimum Gasteiger partial charge on any atom is -0.491 e. The summed E-state index contributed by atoms with van der Waals surface area (Å²) in [5.41, 5.74) is 4.48. The average Bonchev–Trinajstić information content (AvgIpc) is 2.64. The Kier molecular flexibility index (Phi) is 3.37. The average molecular weight is 330 g/mol. The largest absolute Gasteiger partial charge is 0.491 e. The van der Waals surface area contributed by atoms with Crippen LogP contribution in [0, 0.1) is 17.7 Å². The van der Waals surface area contributed by atoms with Gasteiger partial charge in [0, 0.05) is 0 Å². The van der Waals surface area contributed by atoms with E-state index in [4.69, 9.17) is 4.74 Å². The Labute approximate surface area is 109 Å². The number of nitrogens with one attached hydrogen (secondary N) is 1. The summed E-state index contributed by atoms with van der Waals surface area (Å²) in [5, 5.41) is 0. The molecule has 0 saturated heterocycles. The van der Waals surface area contributed by atoms with E-state index in [2.05, 4.69) is 59.4 Å². The van der Waals surface area contributed by atoms with Gasteiger partial charge in [-0.15, -0.1) is 0 Å². The molecule has 0 aliphatic carbocycles. The molecule has 0 bridgehead atoms. The van der Waals surface area contributed by atoms with E-state index in [9.17, 15) is 0 Å². The summed E-state index contributed by atoms with van der Waals surface area (Å²) in [6, 6.07) is 2.08. The third kappa shape index (κ3) is 2.03. The Morgan fingerprint density at radius 2 is 2.19 bits per heavy atom. The van der Waals surface area contributed by atoms with Gasteiger partial charge < -0.3 is 9.72 Å². The van der Waals surface area contributed by atoms with E-state index in [-0.39, 0.29) is 0 Å². The first kappa shape index (κ1) is 11.7. The monoisotopic (exact) mass is 330 g/mol. The maximum atomic E-state index is 5.74. The summed E-state index contributed by atoms with van der Waals surface area (Å²) in [4.78, 5) is 7.75. The Morgan fingerprint density at radius 3 is 2.88 bits per heavy atom. The maximum Gasteiger partial charge on any atom is 0.169 e. The second kappa shape index (κ2) is 4.61. The molecular formula is C12H15IN2O. The van der Waals surface area contributed by atoms with Crippen molar-refractivity contribution in [1.82, 2.24) is 9.97 Å². The smallest absolute Gasteiger partial charge is 0.169 e. The molecule has 1 aromatic carbocycles. The van der Waals surface area contributed by atoms with Crippen LogP contribution in [-0.2, 0) is 0 Å². The number of benzene rings is 1. The van der Waals surface area contributed by atoms with E-state index in [1.807, 2.05) is 0 Å². The van der Waals surface area contributed by atoms with Crippen LogP contribution >= 0.6 is 22.6 Å². The standard InChI is InChI=1S/C12H15IN2O/c1-4-5-16-9-6-7(2)8(3)10-11(9)15-12(13)14-10/h6H,4-5H2,1-3H3,(H,14,15). The summed E-state index contributed by atoms with van der Waals surface area (Å²) >= 11 is 2.19. The van der Waals surface area contributed by atoms with Crippen LogP contribution in [0.4, 0.5) is 0 Å². The van der Waals surface area contributed by atoms with Crippen molar-refractivity contribution >= 4 is 33.6 Å². The maximum absolute atomic E-state index is 5.74. The van der Waals surface area contributed by atoms with Gasteiger partial charge in [-0.3, -0.25) is 0 Å². The zero-order valence-corrected chi connectivity index (χ0v) is 11.9. The number of fused-ring (bicyclic) bond motifs is 1. The highest BCUT2D eigenvalue weighted by Crippen LogP contribution is 2.29. The van der Waals surface area contributed by atoms with Crippen molar-refractivity contribution in [3.05, 3.63) is 21.0 Å². The van der Waals surface area contributed by atoms with Crippen molar-refractivity contribution in [1.29, 1.82) is 0 Å². The van der Waals surface area contributed by atoms with Gasteiger partial charge in [0.2, 0.25) is 0 Å². The van der Waals surface area contributed by atoms with E-state index >= 15 is 0 Å². The van der Waals surface area contributed by atoms with Crippen LogP contribution in [0.15, 0.2) is 6.07 Å². The molecule has 2 rings (SSSR count). The van der Waals surface area contributed by atoms with Gasteiger partial charge in [0.15, 0.2) is 3.83 Å². The third-order valence-electron chi connectivity index (χ3n) is 2.68. The van der Waals surface area contributed by atoms with Gasteiger partial charge in [-0.05, 0) is 60.1 Å². The molecule has 2 aromatic rings. The highest BCUT2D eigenvalue weighted by molar-refractivity contribution is 14.1. The fraction of sp³-hybridized carbons (Fsp3) is 0.417. The number of halogens is 1. The quantitative estimate of drug-likeness (QED) is 0.874. The molecule has 1 heterocycles. The minimum absolute atomic E-state index is 0.743. The number of aromatic amines is 1. The lowest BCUT2D eigenvalue weighted by Crippen LogP contribution is -1.97. The van der Waals surface area contributed by atoms with Crippen molar-refractivity contribution in [2.45, 2.75) is 27.2 Å². The molecule has 0 spiro atoms. The van der Waals surface area contributed by atoms with Crippen molar-refractivity contribution in [3.63, 3.8) is 0 Å². The van der Waals surface area contributed by atoms with Crippen LogP contribution in [0.1, 0.15) is 24.5 Å². The summed E-state index contributed by atoms with van der Waals surface area (Å²) in [5.74, 6) is 0.912. The van der Waals surface area contributed by atoms with Gasteiger partial charge >= 0.3 is 0 Å². The summed E-state index contributed by atoms with van der Waals surface area (Å²) in [6.07, 6.45) is 1.01. The lowest BCUT2D eigenvalue weighted by Gasteiger charge is -2.08. The van der Waals surface area contributed by atoms with Gasteiger partial charge in [0.1, 0.15) is 11.3 Å². The zero-order valence-electron chi connectivity index (χ0n) is 9.72. The summed E-state index contributed by atoms with van der Waals surface area (Å²) < 4.78 is 6.65. The van der Waals surface area contributed by atoms with Crippen LogP contribution in [0.2, 0.25) is 0 Å². The van der Waals surface area contributed by atoms with E-state index in [1.54, 1.807) is 0 Å². The molecule has 0 radical (unpaired) electrons. The molecular weight excluding hydrogens is 315 g/mol. The number of rotatable bonds is 3. The number of aryl methyl sites for hydroxylation is 2. The molecule has 0 saturated carbocycles. The molecule has 0 fully saturated rings. The van der Waals surface area contributed by atoms with Crippen LogP contribution in [0.3, 0.4) is 0 Å². The zero-order chi connectivity index (χ0) is 11.7. The first-order chi connectivity index (χ1) is 7.63. The molecule has 16 heavy (non-hydrogen) atoms. The van der Waals surface area contributed by atoms with Crippen LogP contribution in [-0.4, -0.2) is 16.6 Å². The summed E-state index contributed by atoms with van der Waals surface area (Å²) in [6.45, 7) is 7.04. The van der Waals surface area contributed by atoms with Crippen molar-refractivity contribution in [2.24, 2.45) is 0 Å². The Hall–Kier alpha value is -0.780. The number of aromatic nitrogens is 2. The number of hydrogen-bond acceptors (Lipinski definition) is 2. The molecule has 1 N–H and O–H groups in total. The molecule has 3 nitrogen and oxygen atoms in total. The lowest BCUT2D eigenvalue weighted by atomic mass is 10.1. The predicted octanol–water partition coefficient (Wildman–Crippen LogP) is 3.57. The van der Waals surface area contributed by atoms with Gasteiger partial charge in [-0.25, -0.2) is 4.98 Å². The molecule has 0 amide bonds. The number of imidazole rings is 1. The highest BCUT2D eigenvalue weighted by Gasteiger charge is 2.11. The topological polar surface area (TPSA) is 37.9 Å². The van der Waals surface area contributed by atoms with Gasteiger partial charge in [-0.2, -0.15) is 0 Å². The fourth-order valence-corrected chi connectivity index (χ4v) is 2.19. The third-order valence-corrected chi connectivity index (χ3v) is 3.19. The molecule has 4 heteroatoms. The van der Waals surface area contributed by atoms with Crippen molar-refractivity contribution in [3.8, 4) is 5.75 Å². The Balaban J connectivity index is 2.59.